The summed E-state index contributed by atoms with van der Waals surface area (Å²) < 4.78 is 5.61. The second-order valence-corrected chi connectivity index (χ2v) is 8.17. The van der Waals surface area contributed by atoms with Crippen molar-refractivity contribution in [3.05, 3.63) is 39.7 Å². The maximum atomic E-state index is 12.6. The SMILES string of the molecule is CCc1nc(C)c([C@@H](C)N(C)CC(=O)NC[C@@H](c2ccco2)N(CC)CC)s1. The number of aryl methyl sites for hydroxylation is 2. The lowest BCUT2D eigenvalue weighted by molar-refractivity contribution is -0.122. The van der Waals surface area contributed by atoms with Crippen LogP contribution in [0.2, 0.25) is 0 Å². The number of amides is 1. The lowest BCUT2D eigenvalue weighted by atomic mass is 10.2. The molecule has 0 saturated carbocycles. The first kappa shape index (κ1) is 22.6. The van der Waals surface area contributed by atoms with Crippen LogP contribution in [0.1, 0.15) is 61.1 Å². The first-order chi connectivity index (χ1) is 13.4. The summed E-state index contributed by atoms with van der Waals surface area (Å²) in [6.45, 7) is 13.2. The van der Waals surface area contributed by atoms with Gasteiger partial charge in [-0.15, -0.1) is 11.3 Å². The number of nitrogens with one attached hydrogen (secondary N) is 1. The van der Waals surface area contributed by atoms with E-state index >= 15 is 0 Å². The number of aromatic nitrogens is 1. The highest BCUT2D eigenvalue weighted by molar-refractivity contribution is 7.11. The van der Waals surface area contributed by atoms with E-state index in [1.165, 1.54) is 4.88 Å². The van der Waals surface area contributed by atoms with E-state index in [4.69, 9.17) is 4.42 Å². The Kier molecular flexibility index (Phi) is 8.66. The van der Waals surface area contributed by atoms with Gasteiger partial charge in [-0.3, -0.25) is 14.6 Å². The molecule has 28 heavy (non-hydrogen) atoms. The molecule has 0 radical (unpaired) electrons. The number of carbonyl (C=O) groups is 1. The summed E-state index contributed by atoms with van der Waals surface area (Å²) in [6, 6.07) is 4.08. The van der Waals surface area contributed by atoms with Crippen LogP contribution in [0.5, 0.6) is 0 Å². The van der Waals surface area contributed by atoms with Gasteiger partial charge in [-0.1, -0.05) is 20.8 Å². The molecule has 2 atom stereocenters. The van der Waals surface area contributed by atoms with Crippen LogP contribution >= 0.6 is 11.3 Å². The van der Waals surface area contributed by atoms with E-state index in [0.29, 0.717) is 13.1 Å². The van der Waals surface area contributed by atoms with Crippen molar-refractivity contribution < 1.29 is 9.21 Å². The van der Waals surface area contributed by atoms with E-state index < -0.39 is 0 Å². The van der Waals surface area contributed by atoms with Gasteiger partial charge in [0.2, 0.25) is 5.91 Å². The van der Waals surface area contributed by atoms with Crippen LogP contribution in [-0.2, 0) is 11.2 Å². The molecule has 2 aromatic heterocycles. The number of rotatable bonds is 11. The van der Waals surface area contributed by atoms with Gasteiger partial charge in [0, 0.05) is 17.5 Å². The van der Waals surface area contributed by atoms with Crippen LogP contribution in [0.3, 0.4) is 0 Å². The van der Waals surface area contributed by atoms with Crippen LogP contribution in [0.4, 0.5) is 0 Å². The maximum Gasteiger partial charge on any atom is 0.234 e. The van der Waals surface area contributed by atoms with Gasteiger partial charge in [0.05, 0.1) is 29.6 Å². The van der Waals surface area contributed by atoms with Gasteiger partial charge < -0.3 is 9.73 Å². The van der Waals surface area contributed by atoms with Crippen LogP contribution in [0.15, 0.2) is 22.8 Å². The van der Waals surface area contributed by atoms with E-state index in [1.807, 2.05) is 26.1 Å². The van der Waals surface area contributed by atoms with Crippen molar-refractivity contribution in [2.75, 3.05) is 33.2 Å². The molecule has 0 fully saturated rings. The van der Waals surface area contributed by atoms with Crippen molar-refractivity contribution >= 4 is 17.2 Å². The molecule has 7 heteroatoms. The Hall–Kier alpha value is -1.70. The van der Waals surface area contributed by atoms with Gasteiger partial charge in [-0.05, 0) is 52.5 Å². The molecule has 0 aliphatic carbocycles. The van der Waals surface area contributed by atoms with E-state index in [2.05, 4.69) is 47.8 Å². The third-order valence-corrected chi connectivity index (χ3v) is 6.70. The van der Waals surface area contributed by atoms with Crippen molar-refractivity contribution in [1.82, 2.24) is 20.1 Å². The molecule has 2 heterocycles. The highest BCUT2D eigenvalue weighted by Crippen LogP contribution is 2.28. The summed E-state index contributed by atoms with van der Waals surface area (Å²) in [5.41, 5.74) is 1.07. The quantitative estimate of drug-likeness (QED) is 0.615. The molecule has 156 valence electrons. The molecule has 1 amide bonds. The van der Waals surface area contributed by atoms with E-state index in [-0.39, 0.29) is 18.0 Å². The number of thiazole rings is 1. The van der Waals surface area contributed by atoms with Gasteiger partial charge in [-0.25, -0.2) is 4.98 Å². The minimum Gasteiger partial charge on any atom is -0.468 e. The van der Waals surface area contributed by atoms with E-state index in [0.717, 1.165) is 36.0 Å². The first-order valence-electron chi connectivity index (χ1n) is 10.1. The van der Waals surface area contributed by atoms with Crippen molar-refractivity contribution in [2.24, 2.45) is 0 Å². The van der Waals surface area contributed by atoms with Gasteiger partial charge in [0.15, 0.2) is 0 Å². The Labute approximate surface area is 172 Å². The van der Waals surface area contributed by atoms with Gasteiger partial charge in [0.25, 0.3) is 0 Å². The van der Waals surface area contributed by atoms with Crippen LogP contribution in [0.25, 0.3) is 0 Å². The Morgan fingerprint density at radius 1 is 1.32 bits per heavy atom. The van der Waals surface area contributed by atoms with Crippen molar-refractivity contribution in [3.63, 3.8) is 0 Å². The number of carbonyl (C=O) groups excluding carboxylic acids is 1. The normalized spacial score (nSPS) is 13.9. The largest absolute Gasteiger partial charge is 0.468 e. The van der Waals surface area contributed by atoms with Crippen molar-refractivity contribution in [2.45, 2.75) is 53.1 Å². The van der Waals surface area contributed by atoms with Crippen LogP contribution < -0.4 is 5.32 Å². The van der Waals surface area contributed by atoms with E-state index in [9.17, 15) is 4.79 Å². The third-order valence-electron chi connectivity index (χ3n) is 5.23. The zero-order valence-electron chi connectivity index (χ0n) is 18.0. The van der Waals surface area contributed by atoms with Gasteiger partial charge >= 0.3 is 0 Å². The number of furan rings is 1. The van der Waals surface area contributed by atoms with Crippen molar-refractivity contribution in [1.29, 1.82) is 0 Å². The van der Waals surface area contributed by atoms with Crippen LogP contribution in [0, 0.1) is 6.92 Å². The molecule has 1 N–H and O–H groups in total. The number of hydrogen-bond acceptors (Lipinski definition) is 6. The summed E-state index contributed by atoms with van der Waals surface area (Å²) in [6.07, 6.45) is 2.63. The molecule has 2 rings (SSSR count). The zero-order valence-corrected chi connectivity index (χ0v) is 18.8. The maximum absolute atomic E-state index is 12.6. The lowest BCUT2D eigenvalue weighted by Gasteiger charge is -2.29. The topological polar surface area (TPSA) is 61.6 Å². The number of nitrogens with zero attached hydrogens (tertiary/aromatic N) is 3. The summed E-state index contributed by atoms with van der Waals surface area (Å²) in [5, 5.41) is 4.24. The fraction of sp³-hybridized carbons (Fsp3) is 0.619. The molecule has 2 aromatic rings. The molecule has 6 nitrogen and oxygen atoms in total. The molecule has 0 saturated heterocycles. The summed E-state index contributed by atoms with van der Waals surface area (Å²) in [7, 11) is 1.99. The predicted molar refractivity (Wildman–Crippen MR) is 115 cm³/mol. The van der Waals surface area contributed by atoms with E-state index in [1.54, 1.807) is 17.6 Å². The Bertz CT molecular complexity index is 725. The average molecular weight is 407 g/mol. The monoisotopic (exact) mass is 406 g/mol. The number of likely N-dealkylation sites (N-methyl/N-ethyl adjacent to an activating group) is 2. The van der Waals surface area contributed by atoms with Crippen molar-refractivity contribution in [3.8, 4) is 0 Å². The fourth-order valence-corrected chi connectivity index (χ4v) is 4.51. The predicted octanol–water partition coefficient (Wildman–Crippen LogP) is 3.80. The smallest absolute Gasteiger partial charge is 0.234 e. The standard InChI is InChI=1S/C21H34N4O2S/c1-7-20-23-15(4)21(28-20)16(5)24(6)14-19(26)22-13-17(25(8-2)9-3)18-11-10-12-27-18/h10-12,16-17H,7-9,13-14H2,1-6H3,(H,22,26)/t16-,17+/m1/s1. The third kappa shape index (κ3) is 5.65. The summed E-state index contributed by atoms with van der Waals surface area (Å²) in [5.74, 6) is 0.911. The Morgan fingerprint density at radius 2 is 2.04 bits per heavy atom. The molecule has 0 spiro atoms. The van der Waals surface area contributed by atoms with Gasteiger partial charge in [0.1, 0.15) is 5.76 Å². The van der Waals surface area contributed by atoms with Gasteiger partial charge in [-0.2, -0.15) is 0 Å². The molecule has 0 aliphatic heterocycles. The molecular formula is C21H34N4O2S. The molecular weight excluding hydrogens is 372 g/mol. The fourth-order valence-electron chi connectivity index (χ4n) is 3.39. The highest BCUT2D eigenvalue weighted by atomic mass is 32.1. The molecule has 0 bridgehead atoms. The second kappa shape index (κ2) is 10.7. The summed E-state index contributed by atoms with van der Waals surface area (Å²) in [4.78, 5) is 22.8. The minimum atomic E-state index is 0.0240. The number of hydrogen-bond donors (Lipinski definition) is 1. The molecule has 0 unspecified atom stereocenters. The second-order valence-electron chi connectivity index (χ2n) is 7.06. The molecule has 0 aliphatic rings. The summed E-state index contributed by atoms with van der Waals surface area (Å²) >= 11 is 1.75. The average Bonchev–Trinajstić information content (AvgIpc) is 3.34. The molecule has 0 aromatic carbocycles. The van der Waals surface area contributed by atoms with Crippen LogP contribution in [-0.4, -0.2) is 53.9 Å². The minimum absolute atomic E-state index is 0.0240. The lowest BCUT2D eigenvalue weighted by Crippen LogP contribution is -2.41. The zero-order chi connectivity index (χ0) is 20.7. The Balaban J connectivity index is 1.95. The first-order valence-corrected chi connectivity index (χ1v) is 10.9. The Morgan fingerprint density at radius 3 is 2.57 bits per heavy atom. The highest BCUT2D eigenvalue weighted by Gasteiger charge is 2.23.